The van der Waals surface area contributed by atoms with Crippen LogP contribution in [0.5, 0.6) is 0 Å². The zero-order valence-electron chi connectivity index (χ0n) is 8.79. The van der Waals surface area contributed by atoms with E-state index in [1.165, 1.54) is 0 Å². The molecule has 0 saturated heterocycles. The Hall–Kier alpha value is -1.30. The molecule has 0 aliphatic carbocycles. The first-order chi connectivity index (χ1) is 6.16. The van der Waals surface area contributed by atoms with Gasteiger partial charge >= 0.3 is 0 Å². The van der Waals surface area contributed by atoms with Crippen molar-refractivity contribution in [3.05, 3.63) is 13.9 Å². The molecule has 1 atom stereocenters. The van der Waals surface area contributed by atoms with Gasteiger partial charge in [0, 0.05) is 6.43 Å². The fraction of sp³-hybridized carbons (Fsp3) is 0.750. The van der Waals surface area contributed by atoms with Gasteiger partial charge in [-0.2, -0.15) is 0 Å². The van der Waals surface area contributed by atoms with Crippen LogP contribution in [-0.2, 0) is 9.47 Å². The van der Waals surface area contributed by atoms with E-state index in [0.29, 0.717) is 0 Å². The summed E-state index contributed by atoms with van der Waals surface area (Å²) in [4.78, 5) is 0. The molecule has 90 valence electrons. The molecular weight excluding hydrogens is 465 g/mol. The van der Waals surface area contributed by atoms with Gasteiger partial charge in [0.15, 0.2) is 0 Å². The van der Waals surface area contributed by atoms with Crippen LogP contribution in [0.4, 0.5) is 8.78 Å². The molecule has 2 N–H and O–H groups in total. The number of halogens is 2. The predicted molar refractivity (Wildman–Crippen MR) is 46.6 cm³/mol. The van der Waals surface area contributed by atoms with Gasteiger partial charge in [0.1, 0.15) is 6.10 Å². The molecule has 0 amide bonds. The van der Waals surface area contributed by atoms with E-state index in [9.17, 15) is 8.78 Å². The Labute approximate surface area is 82.4 Å². The largest absolute Gasteiger partial charge is 0.419 e. The molecule has 0 rings (SSSR count). The summed E-state index contributed by atoms with van der Waals surface area (Å²) < 4.78 is 32.0. The number of hydrogen-bond donors (Lipinski definition) is 2. The maximum Gasteiger partial charge on any atom is 0.100 e. The van der Waals surface area contributed by atoms with Crippen molar-refractivity contribution in [3.8, 4) is 0 Å². The SMILES string of the molecule is OCCOCC(O)COC[C-](F)F.[CH3-].[Rf]. The predicted octanol–water partition coefficient (Wildman–Crippen LogP) is 0.252. The summed E-state index contributed by atoms with van der Waals surface area (Å²) in [6.45, 7) is -1.03. The second kappa shape index (κ2) is 12.7. The van der Waals surface area contributed by atoms with E-state index in [1.54, 1.807) is 0 Å². The standard InChI is InChI=1S/C7H13F2O4.CH3.Rf/c8-7(9)5-13-4-6(11)3-12-2-1-10;;/h6,10-11H,1-5H2;1H3;/q2*-1;. The summed E-state index contributed by atoms with van der Waals surface area (Å²) in [5, 5.41) is 17.3. The third-order valence-electron chi connectivity index (χ3n) is 1.07. The maximum absolute atomic E-state index is 11.4. The fourth-order valence-electron chi connectivity index (χ4n) is 0.604. The monoisotopic (exact) mass is 481 g/mol. The van der Waals surface area contributed by atoms with Crippen LogP contribution in [0.25, 0.3) is 0 Å². The third-order valence-corrected chi connectivity index (χ3v) is 1.07. The van der Waals surface area contributed by atoms with Gasteiger partial charge in [0.05, 0.1) is 26.4 Å². The molecular formula is C8H16F2O4Rf-2. The first kappa shape index (κ1) is 19.3. The van der Waals surface area contributed by atoms with E-state index < -0.39 is 19.1 Å². The average Bonchev–Trinajstić information content (AvgIpc) is 2.04. The molecule has 0 aromatic rings. The fourth-order valence-corrected chi connectivity index (χ4v) is 0.604. The second-order valence-electron chi connectivity index (χ2n) is 2.31. The summed E-state index contributed by atoms with van der Waals surface area (Å²) in [5.74, 6) is 0. The smallest absolute Gasteiger partial charge is 0.100 e. The molecule has 7 heteroatoms. The topological polar surface area (TPSA) is 58.9 Å². The Kier molecular flexibility index (Phi) is 16.3. The molecule has 0 aliphatic rings. The summed E-state index contributed by atoms with van der Waals surface area (Å²) in [7, 11) is 0. The molecule has 0 spiro atoms. The van der Waals surface area contributed by atoms with Crippen LogP contribution in [0.2, 0.25) is 0 Å². The minimum atomic E-state index is -1.83. The maximum atomic E-state index is 11.4. The zero-order chi connectivity index (χ0) is 10.1. The third kappa shape index (κ3) is 15.5. The molecule has 0 heterocycles. The Morgan fingerprint density at radius 2 is 1.73 bits per heavy atom. The Balaban J connectivity index is -0.000000720. The van der Waals surface area contributed by atoms with Gasteiger partial charge in [0.2, 0.25) is 0 Å². The number of hydrogen-bond acceptors (Lipinski definition) is 4. The van der Waals surface area contributed by atoms with Crippen molar-refractivity contribution in [1.29, 1.82) is 0 Å². The van der Waals surface area contributed by atoms with Crippen LogP contribution in [0.1, 0.15) is 0 Å². The summed E-state index contributed by atoms with van der Waals surface area (Å²) >= 11 is 0. The van der Waals surface area contributed by atoms with Crippen LogP contribution in [0.15, 0.2) is 0 Å². The number of rotatable bonds is 8. The van der Waals surface area contributed by atoms with Gasteiger partial charge in [-0.05, 0) is 6.61 Å². The Bertz CT molecular complexity index is 119. The first-order valence-corrected chi connectivity index (χ1v) is 3.78. The van der Waals surface area contributed by atoms with Crippen LogP contribution < -0.4 is 0 Å². The minimum Gasteiger partial charge on any atom is -0.419 e. The van der Waals surface area contributed by atoms with E-state index in [-0.39, 0.29) is 33.9 Å². The van der Waals surface area contributed by atoms with E-state index in [0.717, 1.165) is 0 Å². The van der Waals surface area contributed by atoms with Crippen molar-refractivity contribution in [2.75, 3.05) is 33.0 Å². The van der Waals surface area contributed by atoms with Crippen LogP contribution in [0, 0.1) is 13.9 Å². The number of aliphatic hydroxyl groups is 2. The van der Waals surface area contributed by atoms with E-state index in [1.807, 2.05) is 0 Å². The Morgan fingerprint density at radius 3 is 2.20 bits per heavy atom. The summed E-state index contributed by atoms with van der Waals surface area (Å²) in [6, 6.07) is 0. The van der Waals surface area contributed by atoms with Crippen molar-refractivity contribution < 1.29 is 28.5 Å². The molecule has 0 aromatic heterocycles. The normalized spacial score (nSPS) is 11.8. The molecule has 0 aliphatic heterocycles. The van der Waals surface area contributed by atoms with Crippen molar-refractivity contribution in [1.82, 2.24) is 0 Å². The molecule has 0 saturated carbocycles. The zero-order valence-corrected chi connectivity index (χ0v) is 15.2. The molecule has 15 heavy (non-hydrogen) atoms. The van der Waals surface area contributed by atoms with Crippen molar-refractivity contribution >= 4 is 0 Å². The van der Waals surface area contributed by atoms with Gasteiger partial charge in [-0.15, -0.1) is 0 Å². The summed E-state index contributed by atoms with van der Waals surface area (Å²) in [5.41, 5.74) is 0. The van der Waals surface area contributed by atoms with Crippen LogP contribution >= 0.6 is 0 Å². The molecule has 0 aromatic carbocycles. The Morgan fingerprint density at radius 1 is 1.20 bits per heavy atom. The average molecular weight is 481 g/mol. The van der Waals surface area contributed by atoms with Crippen molar-refractivity contribution in [2.45, 2.75) is 6.10 Å². The van der Waals surface area contributed by atoms with E-state index in [4.69, 9.17) is 14.9 Å². The molecule has 0 fully saturated rings. The van der Waals surface area contributed by atoms with Gasteiger partial charge in [-0.3, -0.25) is 0 Å². The quantitative estimate of drug-likeness (QED) is 0.386. The first-order valence-electron chi connectivity index (χ1n) is 3.78. The van der Waals surface area contributed by atoms with E-state index >= 15 is 0 Å². The van der Waals surface area contributed by atoms with Gasteiger partial charge in [-0.25, -0.2) is 0 Å². The van der Waals surface area contributed by atoms with Crippen molar-refractivity contribution in [2.24, 2.45) is 0 Å². The van der Waals surface area contributed by atoms with Crippen molar-refractivity contribution in [3.63, 3.8) is 0 Å². The molecule has 1 unspecified atom stereocenters. The molecule has 0 radical (unpaired) electrons. The van der Waals surface area contributed by atoms with Crippen LogP contribution in [0.3, 0.4) is 0 Å². The second-order valence-corrected chi connectivity index (χ2v) is 2.31. The molecule has 0 bridgehead atoms. The van der Waals surface area contributed by atoms with Crippen LogP contribution in [-0.4, -0.2) is 49.4 Å². The van der Waals surface area contributed by atoms with Gasteiger partial charge in [0.25, 0.3) is 0 Å². The van der Waals surface area contributed by atoms with Gasteiger partial charge in [-0.1, -0.05) is 0 Å². The van der Waals surface area contributed by atoms with Gasteiger partial charge < -0.3 is 35.9 Å². The number of aliphatic hydroxyl groups excluding tert-OH is 2. The van der Waals surface area contributed by atoms with E-state index in [2.05, 4.69) is 4.74 Å². The summed E-state index contributed by atoms with van der Waals surface area (Å²) in [6.07, 6.45) is -2.77. The number of ether oxygens (including phenoxy) is 2. The minimum absolute atomic E-state index is 0. The molecule has 4 nitrogen and oxygen atoms in total.